The summed E-state index contributed by atoms with van der Waals surface area (Å²) < 4.78 is 0. The van der Waals surface area contributed by atoms with Gasteiger partial charge < -0.3 is 10.6 Å². The summed E-state index contributed by atoms with van der Waals surface area (Å²) in [4.78, 5) is 11.7. The Morgan fingerprint density at radius 2 is 1.95 bits per heavy atom. The second kappa shape index (κ2) is 7.88. The highest BCUT2D eigenvalue weighted by Gasteiger charge is 2.18. The highest BCUT2D eigenvalue weighted by atomic mass is 16.1. The first-order valence-electron chi connectivity index (χ1n) is 7.88. The summed E-state index contributed by atoms with van der Waals surface area (Å²) in [5, 5.41) is 6.39. The molecule has 0 aliphatic heterocycles. The molecule has 112 valence electrons. The van der Waals surface area contributed by atoms with E-state index in [2.05, 4.69) is 38.3 Å². The lowest BCUT2D eigenvalue weighted by molar-refractivity contribution is -0.121. The number of carbonyl (C=O) groups is 1. The summed E-state index contributed by atoms with van der Waals surface area (Å²) in [6, 6.07) is 0. The second-order valence-corrected chi connectivity index (χ2v) is 7.20. The molecule has 2 unspecified atom stereocenters. The van der Waals surface area contributed by atoms with Crippen molar-refractivity contribution in [1.82, 2.24) is 10.6 Å². The fourth-order valence-electron chi connectivity index (χ4n) is 2.88. The molecule has 2 atom stereocenters. The molecule has 19 heavy (non-hydrogen) atoms. The average molecular weight is 268 g/mol. The number of carbonyl (C=O) groups excluding carboxylic acids is 1. The average Bonchev–Trinajstić information content (AvgIpc) is 2.27. The van der Waals surface area contributed by atoms with Gasteiger partial charge in [0.05, 0.1) is 0 Å². The van der Waals surface area contributed by atoms with E-state index in [9.17, 15) is 4.79 Å². The van der Waals surface area contributed by atoms with Gasteiger partial charge in [0, 0.05) is 25.0 Å². The van der Waals surface area contributed by atoms with E-state index in [-0.39, 0.29) is 11.4 Å². The van der Waals surface area contributed by atoms with Crippen molar-refractivity contribution in [3.05, 3.63) is 0 Å². The number of amides is 1. The van der Waals surface area contributed by atoms with Crippen molar-refractivity contribution >= 4 is 5.91 Å². The van der Waals surface area contributed by atoms with Crippen molar-refractivity contribution < 1.29 is 4.79 Å². The number of hydrogen-bond acceptors (Lipinski definition) is 2. The van der Waals surface area contributed by atoms with Crippen molar-refractivity contribution in [2.45, 2.75) is 71.8 Å². The summed E-state index contributed by atoms with van der Waals surface area (Å²) in [5.74, 6) is 1.89. The van der Waals surface area contributed by atoms with Crippen LogP contribution in [0.5, 0.6) is 0 Å². The predicted octanol–water partition coefficient (Wildman–Crippen LogP) is 3.10. The van der Waals surface area contributed by atoms with Crippen LogP contribution in [0.1, 0.15) is 66.2 Å². The van der Waals surface area contributed by atoms with E-state index >= 15 is 0 Å². The zero-order chi connectivity index (χ0) is 14.3. The van der Waals surface area contributed by atoms with Crippen LogP contribution in [-0.4, -0.2) is 24.5 Å². The van der Waals surface area contributed by atoms with Gasteiger partial charge in [-0.25, -0.2) is 0 Å². The Bertz CT molecular complexity index is 270. The van der Waals surface area contributed by atoms with Crippen LogP contribution in [0.25, 0.3) is 0 Å². The quantitative estimate of drug-likeness (QED) is 0.777. The number of hydrogen-bond donors (Lipinski definition) is 2. The van der Waals surface area contributed by atoms with Gasteiger partial charge in [0.15, 0.2) is 0 Å². The van der Waals surface area contributed by atoms with Gasteiger partial charge in [0.2, 0.25) is 5.91 Å². The molecule has 1 fully saturated rings. The third-order valence-corrected chi connectivity index (χ3v) is 3.93. The Morgan fingerprint density at radius 1 is 1.21 bits per heavy atom. The Balaban J connectivity index is 2.04. The maximum absolute atomic E-state index is 11.7. The van der Waals surface area contributed by atoms with Gasteiger partial charge in [-0.1, -0.05) is 26.2 Å². The Morgan fingerprint density at radius 3 is 2.58 bits per heavy atom. The van der Waals surface area contributed by atoms with Crippen LogP contribution in [0, 0.1) is 11.8 Å². The molecule has 0 aromatic heterocycles. The van der Waals surface area contributed by atoms with Gasteiger partial charge in [-0.05, 0) is 45.4 Å². The molecule has 2 N–H and O–H groups in total. The molecule has 0 saturated heterocycles. The van der Waals surface area contributed by atoms with Crippen LogP contribution in [0.15, 0.2) is 0 Å². The zero-order valence-electron chi connectivity index (χ0n) is 13.2. The molecule has 1 aliphatic rings. The fourth-order valence-corrected chi connectivity index (χ4v) is 2.88. The maximum atomic E-state index is 11.7. The molecule has 3 nitrogen and oxygen atoms in total. The first-order chi connectivity index (χ1) is 8.87. The van der Waals surface area contributed by atoms with E-state index in [1.165, 1.54) is 25.7 Å². The van der Waals surface area contributed by atoms with E-state index < -0.39 is 0 Å². The minimum absolute atomic E-state index is 0.0957. The molecule has 1 aliphatic carbocycles. The Labute approximate surface area is 118 Å². The molecular weight excluding hydrogens is 236 g/mol. The first-order valence-corrected chi connectivity index (χ1v) is 7.88. The van der Waals surface area contributed by atoms with E-state index in [0.717, 1.165) is 31.3 Å². The summed E-state index contributed by atoms with van der Waals surface area (Å²) >= 11 is 0. The summed E-state index contributed by atoms with van der Waals surface area (Å²) in [6.07, 6.45) is 7.20. The van der Waals surface area contributed by atoms with E-state index in [0.29, 0.717) is 6.42 Å². The lowest BCUT2D eigenvalue weighted by Gasteiger charge is -2.26. The molecule has 0 aromatic carbocycles. The number of rotatable bonds is 6. The van der Waals surface area contributed by atoms with Gasteiger partial charge in [-0.3, -0.25) is 4.79 Å². The third-order valence-electron chi connectivity index (χ3n) is 3.93. The van der Waals surface area contributed by atoms with Crippen molar-refractivity contribution in [2.24, 2.45) is 11.8 Å². The fraction of sp³-hybridized carbons (Fsp3) is 0.938. The largest absolute Gasteiger partial charge is 0.356 e. The van der Waals surface area contributed by atoms with Crippen LogP contribution in [0.3, 0.4) is 0 Å². The monoisotopic (exact) mass is 268 g/mol. The van der Waals surface area contributed by atoms with Crippen LogP contribution < -0.4 is 10.6 Å². The highest BCUT2D eigenvalue weighted by Crippen LogP contribution is 2.30. The Hall–Kier alpha value is -0.570. The molecule has 1 saturated carbocycles. The predicted molar refractivity (Wildman–Crippen MR) is 81.1 cm³/mol. The number of nitrogens with one attached hydrogen (secondary N) is 2. The standard InChI is InChI=1S/C16H32N2O/c1-13-6-5-7-14(12-13)8-10-17-15(19)9-11-18-16(2,3)4/h13-14,18H,5-12H2,1-4H3,(H,17,19). The molecule has 0 bridgehead atoms. The normalized spacial score (nSPS) is 24.2. The van der Waals surface area contributed by atoms with Gasteiger partial charge in [0.25, 0.3) is 0 Å². The van der Waals surface area contributed by atoms with Crippen LogP contribution in [-0.2, 0) is 4.79 Å². The Kier molecular flexibility index (Phi) is 6.84. The van der Waals surface area contributed by atoms with Crippen molar-refractivity contribution in [2.75, 3.05) is 13.1 Å². The minimum atomic E-state index is 0.0957. The van der Waals surface area contributed by atoms with Gasteiger partial charge >= 0.3 is 0 Å². The maximum Gasteiger partial charge on any atom is 0.221 e. The molecule has 0 radical (unpaired) electrons. The molecule has 3 heteroatoms. The molecule has 0 aromatic rings. The summed E-state index contributed by atoms with van der Waals surface area (Å²) in [6.45, 7) is 10.3. The molecule has 0 spiro atoms. The van der Waals surface area contributed by atoms with Crippen LogP contribution in [0.2, 0.25) is 0 Å². The van der Waals surface area contributed by atoms with E-state index in [1.54, 1.807) is 0 Å². The van der Waals surface area contributed by atoms with Gasteiger partial charge in [-0.2, -0.15) is 0 Å². The summed E-state index contributed by atoms with van der Waals surface area (Å²) in [5.41, 5.74) is 0.0957. The van der Waals surface area contributed by atoms with Crippen molar-refractivity contribution in [3.8, 4) is 0 Å². The molecule has 1 amide bonds. The second-order valence-electron chi connectivity index (χ2n) is 7.20. The first kappa shape index (κ1) is 16.5. The third kappa shape index (κ3) is 8.25. The zero-order valence-corrected chi connectivity index (χ0v) is 13.2. The topological polar surface area (TPSA) is 41.1 Å². The van der Waals surface area contributed by atoms with Crippen LogP contribution in [0.4, 0.5) is 0 Å². The summed E-state index contributed by atoms with van der Waals surface area (Å²) in [7, 11) is 0. The van der Waals surface area contributed by atoms with Crippen molar-refractivity contribution in [3.63, 3.8) is 0 Å². The molecule has 1 rings (SSSR count). The minimum Gasteiger partial charge on any atom is -0.356 e. The SMILES string of the molecule is CC1CCCC(CCNC(=O)CCNC(C)(C)C)C1. The van der Waals surface area contributed by atoms with Gasteiger partial charge in [-0.15, -0.1) is 0 Å². The van der Waals surface area contributed by atoms with Crippen molar-refractivity contribution in [1.29, 1.82) is 0 Å². The van der Waals surface area contributed by atoms with Crippen LogP contribution >= 0.6 is 0 Å². The van der Waals surface area contributed by atoms with E-state index in [1.807, 2.05) is 0 Å². The molecular formula is C16H32N2O. The van der Waals surface area contributed by atoms with Gasteiger partial charge in [0.1, 0.15) is 0 Å². The highest BCUT2D eigenvalue weighted by molar-refractivity contribution is 5.76. The van der Waals surface area contributed by atoms with E-state index in [4.69, 9.17) is 0 Å². The molecule has 0 heterocycles. The smallest absolute Gasteiger partial charge is 0.221 e. The lowest BCUT2D eigenvalue weighted by Crippen LogP contribution is -2.38. The lowest BCUT2D eigenvalue weighted by atomic mass is 9.81.